The molecular formula is C23H18O3. The van der Waals surface area contributed by atoms with Crippen molar-refractivity contribution in [3.8, 4) is 54.3 Å². The molecule has 0 radical (unpaired) electrons. The van der Waals surface area contributed by atoms with Crippen LogP contribution >= 0.6 is 0 Å². The summed E-state index contributed by atoms with van der Waals surface area (Å²) in [6, 6.07) is 13.1. The summed E-state index contributed by atoms with van der Waals surface area (Å²) in [7, 11) is 0. The maximum absolute atomic E-state index is 5.49. The van der Waals surface area contributed by atoms with E-state index in [-0.39, 0.29) is 19.8 Å². The maximum Gasteiger partial charge on any atom is 0.148 e. The number of rotatable bonds is 8. The lowest BCUT2D eigenvalue weighted by atomic mass is 10.1. The van der Waals surface area contributed by atoms with Crippen LogP contribution < -0.4 is 14.2 Å². The molecule has 0 aromatic heterocycles. The third-order valence-electron chi connectivity index (χ3n) is 3.22. The van der Waals surface area contributed by atoms with E-state index in [9.17, 15) is 0 Å². The highest BCUT2D eigenvalue weighted by molar-refractivity contribution is 5.71. The molecule has 0 amide bonds. The Morgan fingerprint density at radius 1 is 0.615 bits per heavy atom. The van der Waals surface area contributed by atoms with Gasteiger partial charge in [-0.3, -0.25) is 0 Å². The normalized spacial score (nSPS) is 9.73. The smallest absolute Gasteiger partial charge is 0.148 e. The van der Waals surface area contributed by atoms with Crippen LogP contribution in [-0.4, -0.2) is 19.8 Å². The Labute approximate surface area is 154 Å². The average Bonchev–Trinajstić information content (AvgIpc) is 2.68. The summed E-state index contributed by atoms with van der Waals surface area (Å²) >= 11 is 0. The quantitative estimate of drug-likeness (QED) is 0.538. The Kier molecular flexibility index (Phi) is 7.29. The van der Waals surface area contributed by atoms with Crippen molar-refractivity contribution in [3.05, 3.63) is 53.6 Å². The molecule has 0 bridgehead atoms. The van der Waals surface area contributed by atoms with Crippen LogP contribution in [-0.2, 0) is 0 Å². The fourth-order valence-electron chi connectivity index (χ4n) is 2.10. The monoisotopic (exact) mass is 342 g/mol. The lowest BCUT2D eigenvalue weighted by Crippen LogP contribution is -1.97. The highest BCUT2D eigenvalue weighted by Crippen LogP contribution is 2.25. The summed E-state index contributed by atoms with van der Waals surface area (Å²) in [6.45, 7) is 0.613. The van der Waals surface area contributed by atoms with E-state index >= 15 is 0 Å². The van der Waals surface area contributed by atoms with E-state index in [4.69, 9.17) is 33.5 Å². The minimum Gasteiger partial charge on any atom is -0.481 e. The molecule has 0 heterocycles. The summed E-state index contributed by atoms with van der Waals surface area (Å²) in [5, 5.41) is 0. The predicted octanol–water partition coefficient (Wildman–Crippen LogP) is 3.89. The molecule has 128 valence electrons. The van der Waals surface area contributed by atoms with Gasteiger partial charge in [0.05, 0.1) is 0 Å². The Bertz CT molecular complexity index is 835. The first-order chi connectivity index (χ1) is 12.7. The summed E-state index contributed by atoms with van der Waals surface area (Å²) < 4.78 is 16.3. The second-order valence-corrected chi connectivity index (χ2v) is 5.12. The summed E-state index contributed by atoms with van der Waals surface area (Å²) in [5.74, 6) is 9.28. The van der Waals surface area contributed by atoms with E-state index < -0.39 is 0 Å². The van der Waals surface area contributed by atoms with Crippen LogP contribution in [0.4, 0.5) is 0 Å². The van der Waals surface area contributed by atoms with Crippen molar-refractivity contribution in [2.45, 2.75) is 0 Å². The molecule has 0 N–H and O–H groups in total. The van der Waals surface area contributed by atoms with Crippen LogP contribution in [0.5, 0.6) is 17.2 Å². The topological polar surface area (TPSA) is 27.7 Å². The third kappa shape index (κ3) is 6.04. The van der Waals surface area contributed by atoms with Crippen LogP contribution in [0.15, 0.2) is 42.5 Å². The molecule has 0 aliphatic rings. The summed E-state index contributed by atoms with van der Waals surface area (Å²) in [5.41, 5.74) is 1.92. The molecule has 0 saturated carbocycles. The highest BCUT2D eigenvalue weighted by atomic mass is 16.5. The number of ether oxygens (including phenoxy) is 3. The van der Waals surface area contributed by atoms with Gasteiger partial charge in [-0.15, -0.1) is 19.3 Å². The fourth-order valence-corrected chi connectivity index (χ4v) is 2.10. The third-order valence-corrected chi connectivity index (χ3v) is 3.22. The first-order valence-corrected chi connectivity index (χ1v) is 7.87. The molecule has 2 aromatic rings. The van der Waals surface area contributed by atoms with Gasteiger partial charge in [0.15, 0.2) is 0 Å². The molecule has 26 heavy (non-hydrogen) atoms. The molecule has 2 rings (SSSR count). The van der Waals surface area contributed by atoms with Gasteiger partial charge < -0.3 is 14.2 Å². The molecule has 0 atom stereocenters. The molecule has 0 aliphatic heterocycles. The average molecular weight is 342 g/mol. The number of hydrogen-bond acceptors (Lipinski definition) is 3. The highest BCUT2D eigenvalue weighted by Gasteiger charge is 2.02. The van der Waals surface area contributed by atoms with Crippen LogP contribution in [0.3, 0.4) is 0 Å². The van der Waals surface area contributed by atoms with Crippen molar-refractivity contribution >= 4 is 12.2 Å². The summed E-state index contributed by atoms with van der Waals surface area (Å²) in [6.07, 6.45) is 19.6. The van der Waals surface area contributed by atoms with Crippen molar-refractivity contribution in [3.63, 3.8) is 0 Å². The molecular weight excluding hydrogens is 324 g/mol. The Morgan fingerprint density at radius 2 is 1.08 bits per heavy atom. The largest absolute Gasteiger partial charge is 0.481 e. The summed E-state index contributed by atoms with van der Waals surface area (Å²) in [4.78, 5) is 0. The second-order valence-electron chi connectivity index (χ2n) is 5.12. The molecule has 0 aliphatic carbocycles. The van der Waals surface area contributed by atoms with Crippen LogP contribution in [0.25, 0.3) is 12.2 Å². The molecule has 3 nitrogen and oxygen atoms in total. The standard InChI is InChI=1S/C23H18O3/c1-4-13-24-21-11-9-19(10-12-21)7-8-20-16-22(25-14-5-2)18-23(17-20)26-15-6-3/h1-3,7-12,16-18H,13-15H2/b8-7+. The van der Waals surface area contributed by atoms with Gasteiger partial charge in [-0.2, -0.15) is 0 Å². The van der Waals surface area contributed by atoms with Gasteiger partial charge in [0.25, 0.3) is 0 Å². The van der Waals surface area contributed by atoms with Crippen molar-refractivity contribution in [1.82, 2.24) is 0 Å². The van der Waals surface area contributed by atoms with Crippen LogP contribution in [0, 0.1) is 37.0 Å². The van der Waals surface area contributed by atoms with E-state index in [0.717, 1.165) is 16.9 Å². The van der Waals surface area contributed by atoms with E-state index in [2.05, 4.69) is 17.8 Å². The van der Waals surface area contributed by atoms with Gasteiger partial charge in [-0.05, 0) is 35.4 Å². The van der Waals surface area contributed by atoms with Crippen molar-refractivity contribution < 1.29 is 14.2 Å². The zero-order valence-corrected chi connectivity index (χ0v) is 14.3. The van der Waals surface area contributed by atoms with Gasteiger partial charge in [0.1, 0.15) is 37.1 Å². The molecule has 0 spiro atoms. The van der Waals surface area contributed by atoms with E-state index in [1.807, 2.05) is 48.6 Å². The lowest BCUT2D eigenvalue weighted by molar-refractivity contribution is 0.351. The van der Waals surface area contributed by atoms with Crippen LogP contribution in [0.2, 0.25) is 0 Å². The zero-order valence-electron chi connectivity index (χ0n) is 14.3. The Balaban J connectivity index is 2.15. The maximum atomic E-state index is 5.49. The van der Waals surface area contributed by atoms with Gasteiger partial charge >= 0.3 is 0 Å². The molecule has 2 aromatic carbocycles. The van der Waals surface area contributed by atoms with Gasteiger partial charge in [-0.25, -0.2) is 0 Å². The minimum atomic E-state index is 0.181. The van der Waals surface area contributed by atoms with E-state index in [1.165, 1.54) is 0 Å². The molecule has 0 unspecified atom stereocenters. The lowest BCUT2D eigenvalue weighted by Gasteiger charge is -2.08. The first-order valence-electron chi connectivity index (χ1n) is 7.87. The Morgan fingerprint density at radius 3 is 1.58 bits per heavy atom. The number of terminal acetylenes is 3. The van der Waals surface area contributed by atoms with Gasteiger partial charge in [0, 0.05) is 6.07 Å². The van der Waals surface area contributed by atoms with Crippen molar-refractivity contribution in [2.24, 2.45) is 0 Å². The molecule has 0 fully saturated rings. The number of benzene rings is 2. The first kappa shape index (κ1) is 18.6. The van der Waals surface area contributed by atoms with Crippen molar-refractivity contribution in [1.29, 1.82) is 0 Å². The SMILES string of the molecule is C#CCOc1ccc(/C=C/c2cc(OCC#C)cc(OCC#C)c2)cc1. The Hall–Kier alpha value is -3.74. The predicted molar refractivity (Wildman–Crippen MR) is 105 cm³/mol. The van der Waals surface area contributed by atoms with Gasteiger partial charge in [-0.1, -0.05) is 42.0 Å². The van der Waals surface area contributed by atoms with Crippen LogP contribution in [0.1, 0.15) is 11.1 Å². The fraction of sp³-hybridized carbons (Fsp3) is 0.130. The number of hydrogen-bond donors (Lipinski definition) is 0. The molecule has 0 saturated heterocycles. The zero-order chi connectivity index (χ0) is 18.6. The van der Waals surface area contributed by atoms with Gasteiger partial charge in [0.2, 0.25) is 0 Å². The minimum absolute atomic E-state index is 0.181. The second kappa shape index (κ2) is 10.2. The molecule has 3 heteroatoms. The van der Waals surface area contributed by atoms with E-state index in [1.54, 1.807) is 6.07 Å². The van der Waals surface area contributed by atoms with Crippen molar-refractivity contribution in [2.75, 3.05) is 19.8 Å². The van der Waals surface area contributed by atoms with E-state index in [0.29, 0.717) is 11.5 Å².